The van der Waals surface area contributed by atoms with Crippen molar-refractivity contribution >= 4 is 17.5 Å². The van der Waals surface area contributed by atoms with Crippen LogP contribution in [0.2, 0.25) is 0 Å². The van der Waals surface area contributed by atoms with Gasteiger partial charge in [-0.2, -0.15) is 0 Å². The first-order valence-corrected chi connectivity index (χ1v) is 6.54. The van der Waals surface area contributed by atoms with Gasteiger partial charge in [0.15, 0.2) is 5.92 Å². The highest BCUT2D eigenvalue weighted by Crippen LogP contribution is 2.20. The van der Waals surface area contributed by atoms with Crippen LogP contribution in [0.3, 0.4) is 0 Å². The maximum Gasteiger partial charge on any atom is 0.320 e. The third kappa shape index (κ3) is 4.23. The summed E-state index contributed by atoms with van der Waals surface area (Å²) >= 11 is 0. The number of benzene rings is 1. The highest BCUT2D eigenvalue weighted by molar-refractivity contribution is 5.95. The smallest absolute Gasteiger partial charge is 0.320 e. The van der Waals surface area contributed by atoms with E-state index >= 15 is 0 Å². The summed E-state index contributed by atoms with van der Waals surface area (Å²) in [6.45, 7) is 2.03. The topological polar surface area (TPSA) is 52.6 Å². The Bertz CT molecular complexity index is 461. The number of methoxy groups -OCH3 is 2. The van der Waals surface area contributed by atoms with Gasteiger partial charge in [0.2, 0.25) is 0 Å². The van der Waals surface area contributed by atoms with Gasteiger partial charge in [-0.25, -0.2) is 0 Å². The van der Waals surface area contributed by atoms with E-state index < -0.39 is 17.9 Å². The summed E-state index contributed by atoms with van der Waals surface area (Å²) in [5.41, 5.74) is 2.17. The molecular weight excluding hydrogens is 256 g/mol. The summed E-state index contributed by atoms with van der Waals surface area (Å²) in [7, 11) is 2.53. The van der Waals surface area contributed by atoms with Gasteiger partial charge in [-0.3, -0.25) is 9.59 Å². The molecule has 0 N–H and O–H groups in total. The van der Waals surface area contributed by atoms with Crippen LogP contribution in [0.5, 0.6) is 0 Å². The Morgan fingerprint density at radius 2 is 1.65 bits per heavy atom. The van der Waals surface area contributed by atoms with E-state index in [0.29, 0.717) is 0 Å². The quantitative estimate of drug-likeness (QED) is 0.592. The monoisotopic (exact) mass is 276 g/mol. The first-order chi connectivity index (χ1) is 9.63. The van der Waals surface area contributed by atoms with Gasteiger partial charge in [-0.1, -0.05) is 43.3 Å². The maximum atomic E-state index is 11.6. The lowest BCUT2D eigenvalue weighted by Crippen LogP contribution is -2.26. The zero-order valence-electron chi connectivity index (χ0n) is 12.1. The summed E-state index contributed by atoms with van der Waals surface area (Å²) < 4.78 is 9.28. The molecule has 0 aliphatic heterocycles. The lowest BCUT2D eigenvalue weighted by Gasteiger charge is -2.11. The summed E-state index contributed by atoms with van der Waals surface area (Å²) in [4.78, 5) is 23.2. The van der Waals surface area contributed by atoms with E-state index in [-0.39, 0.29) is 6.42 Å². The van der Waals surface area contributed by atoms with Crippen LogP contribution in [-0.2, 0) is 19.1 Å². The van der Waals surface area contributed by atoms with E-state index in [1.807, 2.05) is 43.3 Å². The van der Waals surface area contributed by atoms with E-state index in [9.17, 15) is 9.59 Å². The minimum absolute atomic E-state index is 0.275. The van der Waals surface area contributed by atoms with Gasteiger partial charge in [-0.05, 0) is 24.0 Å². The van der Waals surface area contributed by atoms with Crippen molar-refractivity contribution in [2.75, 3.05) is 14.2 Å². The van der Waals surface area contributed by atoms with Gasteiger partial charge in [0.25, 0.3) is 0 Å². The van der Waals surface area contributed by atoms with E-state index in [2.05, 4.69) is 9.47 Å². The summed E-state index contributed by atoms with van der Waals surface area (Å²) in [5.74, 6) is -2.05. The van der Waals surface area contributed by atoms with Gasteiger partial charge in [0.1, 0.15) is 0 Å². The van der Waals surface area contributed by atoms with Crippen LogP contribution in [0.1, 0.15) is 25.3 Å². The number of allylic oxidation sites excluding steroid dienone is 2. The molecule has 0 unspecified atom stereocenters. The van der Waals surface area contributed by atoms with E-state index in [0.717, 1.165) is 17.6 Å². The van der Waals surface area contributed by atoms with Crippen molar-refractivity contribution < 1.29 is 19.1 Å². The Labute approximate surface area is 119 Å². The highest BCUT2D eigenvalue weighted by atomic mass is 16.5. The lowest BCUT2D eigenvalue weighted by molar-refractivity contribution is -0.158. The second-order valence-electron chi connectivity index (χ2n) is 4.28. The summed E-state index contributed by atoms with van der Waals surface area (Å²) in [6.07, 6.45) is 2.99. The van der Waals surface area contributed by atoms with Crippen LogP contribution >= 0.6 is 0 Å². The molecule has 0 fully saturated rings. The number of esters is 2. The number of hydrogen-bond acceptors (Lipinski definition) is 4. The second-order valence-corrected chi connectivity index (χ2v) is 4.28. The van der Waals surface area contributed by atoms with Crippen molar-refractivity contribution in [2.45, 2.75) is 19.8 Å². The predicted octanol–water partition coefficient (Wildman–Crippen LogP) is 2.83. The maximum absolute atomic E-state index is 11.6. The molecule has 0 aromatic heterocycles. The average molecular weight is 276 g/mol. The van der Waals surface area contributed by atoms with Gasteiger partial charge in [0.05, 0.1) is 14.2 Å². The van der Waals surface area contributed by atoms with E-state index in [1.54, 1.807) is 0 Å². The first-order valence-electron chi connectivity index (χ1n) is 6.54. The molecule has 0 aliphatic carbocycles. The molecule has 0 spiro atoms. The minimum atomic E-state index is -0.907. The van der Waals surface area contributed by atoms with Crippen LogP contribution in [-0.4, -0.2) is 26.2 Å². The van der Waals surface area contributed by atoms with Gasteiger partial charge in [-0.15, -0.1) is 0 Å². The molecule has 0 saturated heterocycles. The second kappa shape index (κ2) is 8.15. The molecule has 1 aromatic rings. The van der Waals surface area contributed by atoms with Crippen LogP contribution < -0.4 is 0 Å². The Kier molecular flexibility index (Phi) is 6.50. The van der Waals surface area contributed by atoms with E-state index in [1.165, 1.54) is 14.2 Å². The molecule has 1 rings (SSSR count). The zero-order chi connectivity index (χ0) is 15.0. The molecule has 108 valence electrons. The normalized spacial score (nSPS) is 11.3. The van der Waals surface area contributed by atoms with Crippen LogP contribution in [0.15, 0.2) is 36.4 Å². The van der Waals surface area contributed by atoms with Crippen molar-refractivity contribution in [1.29, 1.82) is 0 Å². The predicted molar refractivity (Wildman–Crippen MR) is 76.8 cm³/mol. The van der Waals surface area contributed by atoms with E-state index in [4.69, 9.17) is 0 Å². The lowest BCUT2D eigenvalue weighted by atomic mass is 9.98. The van der Waals surface area contributed by atoms with Crippen molar-refractivity contribution in [3.63, 3.8) is 0 Å². The molecule has 0 saturated carbocycles. The van der Waals surface area contributed by atoms with Gasteiger partial charge < -0.3 is 9.47 Å². The average Bonchev–Trinajstić information content (AvgIpc) is 2.51. The molecule has 0 bridgehead atoms. The fourth-order valence-corrected chi connectivity index (χ4v) is 1.95. The fraction of sp³-hybridized carbons (Fsp3) is 0.375. The highest BCUT2D eigenvalue weighted by Gasteiger charge is 2.27. The molecule has 0 radical (unpaired) electrons. The Hall–Kier alpha value is -2.10. The Morgan fingerprint density at radius 1 is 1.10 bits per heavy atom. The van der Waals surface area contributed by atoms with Crippen molar-refractivity contribution in [1.82, 2.24) is 0 Å². The van der Waals surface area contributed by atoms with Crippen LogP contribution in [0.4, 0.5) is 0 Å². The van der Waals surface area contributed by atoms with Crippen molar-refractivity contribution in [3.05, 3.63) is 42.0 Å². The number of carbonyl (C=O) groups excluding carboxylic acids is 2. The Balaban J connectivity index is 2.90. The molecular formula is C16H20O4. The van der Waals surface area contributed by atoms with Crippen molar-refractivity contribution in [2.24, 2.45) is 5.92 Å². The molecule has 4 heteroatoms. The minimum Gasteiger partial charge on any atom is -0.468 e. The van der Waals surface area contributed by atoms with Gasteiger partial charge in [0, 0.05) is 0 Å². The molecule has 0 heterocycles. The van der Waals surface area contributed by atoms with Crippen LogP contribution in [0, 0.1) is 5.92 Å². The number of rotatable bonds is 6. The third-order valence-electron chi connectivity index (χ3n) is 3.10. The molecule has 0 atom stereocenters. The largest absolute Gasteiger partial charge is 0.468 e. The number of carbonyl (C=O) groups is 2. The van der Waals surface area contributed by atoms with Crippen LogP contribution in [0.25, 0.3) is 5.57 Å². The molecule has 0 aliphatic rings. The molecule has 20 heavy (non-hydrogen) atoms. The molecule has 4 nitrogen and oxygen atoms in total. The van der Waals surface area contributed by atoms with Gasteiger partial charge >= 0.3 is 11.9 Å². The number of hydrogen-bond donors (Lipinski definition) is 0. The molecule has 1 aromatic carbocycles. The fourth-order valence-electron chi connectivity index (χ4n) is 1.95. The van der Waals surface area contributed by atoms with Crippen molar-refractivity contribution in [3.8, 4) is 0 Å². The first kappa shape index (κ1) is 16.0. The molecule has 0 amide bonds. The summed E-state index contributed by atoms with van der Waals surface area (Å²) in [5, 5.41) is 0. The summed E-state index contributed by atoms with van der Waals surface area (Å²) in [6, 6.07) is 9.86. The standard InChI is InChI=1S/C16H20O4/c1-4-12(13-8-6-5-7-9-13)10-11-14(15(17)19-2)16(18)20-3/h5-10,14H,4,11H2,1-3H3/b12-10+. The Morgan fingerprint density at radius 3 is 2.10 bits per heavy atom. The SMILES string of the molecule is CC/C(=C\CC(C(=O)OC)C(=O)OC)c1ccccc1. The zero-order valence-corrected chi connectivity index (χ0v) is 12.1. The third-order valence-corrected chi connectivity index (χ3v) is 3.10. The number of ether oxygens (including phenoxy) is 2.